The zero-order valence-corrected chi connectivity index (χ0v) is 11.3. The number of benzene rings is 1. The number of halogens is 1. The van der Waals surface area contributed by atoms with Crippen molar-refractivity contribution in [2.45, 2.75) is 25.7 Å². The Morgan fingerprint density at radius 2 is 1.94 bits per heavy atom. The van der Waals surface area contributed by atoms with Gasteiger partial charge in [-0.2, -0.15) is 0 Å². The Kier molecular flexibility index (Phi) is 4.48. The highest BCUT2D eigenvalue weighted by molar-refractivity contribution is 9.10. The van der Waals surface area contributed by atoms with Crippen LogP contribution in [0.2, 0.25) is 0 Å². The molecule has 1 nitrogen and oxygen atoms in total. The second kappa shape index (κ2) is 5.44. The highest BCUT2D eigenvalue weighted by atomic mass is 79.9. The van der Waals surface area contributed by atoms with Crippen LogP contribution in [-0.4, -0.2) is 6.29 Å². The van der Waals surface area contributed by atoms with Crippen LogP contribution in [0.5, 0.6) is 0 Å². The summed E-state index contributed by atoms with van der Waals surface area (Å²) in [4.78, 5) is 11.5. The molecule has 0 heterocycles. The maximum Gasteiger partial charge on any atom is 0.131 e. The Hall–Kier alpha value is -0.890. The summed E-state index contributed by atoms with van der Waals surface area (Å²) >= 11 is 3.40. The third kappa shape index (κ3) is 2.43. The molecule has 0 fully saturated rings. The van der Waals surface area contributed by atoms with E-state index in [9.17, 15) is 4.79 Å². The van der Waals surface area contributed by atoms with Gasteiger partial charge in [-0.25, -0.2) is 0 Å². The van der Waals surface area contributed by atoms with Gasteiger partial charge in [0.15, 0.2) is 0 Å². The van der Waals surface area contributed by atoms with Crippen LogP contribution in [0.3, 0.4) is 0 Å². The van der Waals surface area contributed by atoms with Crippen LogP contribution in [-0.2, 0) is 10.2 Å². The maximum atomic E-state index is 11.5. The van der Waals surface area contributed by atoms with E-state index in [4.69, 9.17) is 0 Å². The standard InChI is InChI=1S/C14H17BrO/c1-4-9-14(10-16,11(2)3)12-5-7-13(15)8-6-12/h4-8,10-11H,1,9H2,2-3H3/t14-/m0/s1. The van der Waals surface area contributed by atoms with Crippen LogP contribution in [0.4, 0.5) is 0 Å². The van der Waals surface area contributed by atoms with E-state index in [0.29, 0.717) is 6.42 Å². The van der Waals surface area contributed by atoms with Crippen molar-refractivity contribution in [2.75, 3.05) is 0 Å². The number of allylic oxidation sites excluding steroid dienone is 1. The molecule has 0 amide bonds. The first-order chi connectivity index (χ1) is 7.56. The molecule has 0 saturated carbocycles. The van der Waals surface area contributed by atoms with Crippen molar-refractivity contribution in [1.29, 1.82) is 0 Å². The minimum atomic E-state index is -0.442. The number of hydrogen-bond acceptors (Lipinski definition) is 1. The second-order valence-corrected chi connectivity index (χ2v) is 5.23. The number of carbonyl (C=O) groups is 1. The van der Waals surface area contributed by atoms with Gasteiger partial charge in [0, 0.05) is 4.47 Å². The molecule has 1 rings (SSSR count). The van der Waals surface area contributed by atoms with Crippen LogP contribution in [0, 0.1) is 5.92 Å². The SMILES string of the molecule is C=CC[C@@](C=O)(c1ccc(Br)cc1)C(C)C. The van der Waals surface area contributed by atoms with E-state index in [1.54, 1.807) is 0 Å². The highest BCUT2D eigenvalue weighted by Gasteiger charge is 2.34. The predicted octanol–water partition coefficient (Wildman–Crippen LogP) is 4.12. The van der Waals surface area contributed by atoms with E-state index in [1.807, 2.05) is 30.3 Å². The monoisotopic (exact) mass is 280 g/mol. The van der Waals surface area contributed by atoms with Gasteiger partial charge in [-0.1, -0.05) is 48.0 Å². The molecule has 16 heavy (non-hydrogen) atoms. The lowest BCUT2D eigenvalue weighted by Gasteiger charge is -2.31. The minimum Gasteiger partial charge on any atom is -0.302 e. The summed E-state index contributed by atoms with van der Waals surface area (Å²) in [7, 11) is 0. The molecule has 0 aliphatic rings. The molecule has 1 aromatic carbocycles. The summed E-state index contributed by atoms with van der Waals surface area (Å²) in [6.07, 6.45) is 3.55. The topological polar surface area (TPSA) is 17.1 Å². The van der Waals surface area contributed by atoms with Crippen molar-refractivity contribution in [3.05, 3.63) is 47.0 Å². The number of aldehydes is 1. The van der Waals surface area contributed by atoms with Gasteiger partial charge in [-0.15, -0.1) is 6.58 Å². The van der Waals surface area contributed by atoms with Crippen molar-refractivity contribution in [2.24, 2.45) is 5.92 Å². The highest BCUT2D eigenvalue weighted by Crippen LogP contribution is 2.34. The largest absolute Gasteiger partial charge is 0.302 e. The Morgan fingerprint density at radius 1 is 1.38 bits per heavy atom. The van der Waals surface area contributed by atoms with Gasteiger partial charge in [0.05, 0.1) is 5.41 Å². The average Bonchev–Trinajstić information content (AvgIpc) is 2.27. The molecule has 1 aromatic rings. The zero-order valence-electron chi connectivity index (χ0n) is 9.74. The maximum absolute atomic E-state index is 11.5. The van der Waals surface area contributed by atoms with Crippen molar-refractivity contribution in [1.82, 2.24) is 0 Å². The molecule has 0 aliphatic carbocycles. The van der Waals surface area contributed by atoms with Gasteiger partial charge < -0.3 is 4.79 Å². The molecule has 0 saturated heterocycles. The van der Waals surface area contributed by atoms with Crippen molar-refractivity contribution >= 4 is 22.2 Å². The molecule has 0 N–H and O–H groups in total. The van der Waals surface area contributed by atoms with Crippen LogP contribution in [0.15, 0.2) is 41.4 Å². The molecule has 0 bridgehead atoms. The summed E-state index contributed by atoms with van der Waals surface area (Å²) in [5.41, 5.74) is 0.614. The number of hydrogen-bond donors (Lipinski definition) is 0. The first-order valence-corrected chi connectivity index (χ1v) is 6.19. The van der Waals surface area contributed by atoms with E-state index >= 15 is 0 Å². The van der Waals surface area contributed by atoms with Crippen molar-refractivity contribution in [3.8, 4) is 0 Å². The predicted molar refractivity (Wildman–Crippen MR) is 71.5 cm³/mol. The van der Waals surface area contributed by atoms with E-state index < -0.39 is 5.41 Å². The van der Waals surface area contributed by atoms with Crippen molar-refractivity contribution < 1.29 is 4.79 Å². The van der Waals surface area contributed by atoms with E-state index in [2.05, 4.69) is 36.4 Å². The van der Waals surface area contributed by atoms with Crippen molar-refractivity contribution in [3.63, 3.8) is 0 Å². The van der Waals surface area contributed by atoms with Gasteiger partial charge in [-0.3, -0.25) is 0 Å². The Labute approximate surface area is 106 Å². The van der Waals surface area contributed by atoms with Crippen LogP contribution < -0.4 is 0 Å². The van der Waals surface area contributed by atoms with Gasteiger partial charge in [0.25, 0.3) is 0 Å². The van der Waals surface area contributed by atoms with Gasteiger partial charge >= 0.3 is 0 Å². The molecule has 1 atom stereocenters. The lowest BCUT2D eigenvalue weighted by atomic mass is 9.70. The molecular formula is C14H17BrO. The number of rotatable bonds is 5. The Balaban J connectivity index is 3.23. The zero-order chi connectivity index (χ0) is 12.2. The fraction of sp³-hybridized carbons (Fsp3) is 0.357. The molecule has 2 heteroatoms. The molecule has 0 radical (unpaired) electrons. The van der Waals surface area contributed by atoms with E-state index in [1.165, 1.54) is 0 Å². The molecule has 0 unspecified atom stereocenters. The van der Waals surface area contributed by atoms with E-state index in [0.717, 1.165) is 16.3 Å². The number of carbonyl (C=O) groups excluding carboxylic acids is 1. The smallest absolute Gasteiger partial charge is 0.131 e. The summed E-state index contributed by atoms with van der Waals surface area (Å²) in [5.74, 6) is 0.254. The summed E-state index contributed by atoms with van der Waals surface area (Å²) in [5, 5.41) is 0. The summed E-state index contributed by atoms with van der Waals surface area (Å²) in [6.45, 7) is 7.89. The second-order valence-electron chi connectivity index (χ2n) is 4.31. The summed E-state index contributed by atoms with van der Waals surface area (Å²) < 4.78 is 1.03. The Morgan fingerprint density at radius 3 is 2.31 bits per heavy atom. The minimum absolute atomic E-state index is 0.254. The van der Waals surface area contributed by atoms with Crippen LogP contribution >= 0.6 is 15.9 Å². The first-order valence-electron chi connectivity index (χ1n) is 5.40. The molecule has 0 aliphatic heterocycles. The lowest BCUT2D eigenvalue weighted by Crippen LogP contribution is -2.33. The fourth-order valence-corrected chi connectivity index (χ4v) is 2.20. The third-order valence-electron chi connectivity index (χ3n) is 3.10. The molecule has 86 valence electrons. The first kappa shape index (κ1) is 13.2. The van der Waals surface area contributed by atoms with Gasteiger partial charge in [0.1, 0.15) is 6.29 Å². The molecule has 0 spiro atoms. The average molecular weight is 281 g/mol. The Bertz CT molecular complexity index is 367. The molecule has 0 aromatic heterocycles. The fourth-order valence-electron chi connectivity index (χ4n) is 1.94. The summed E-state index contributed by atoms with van der Waals surface area (Å²) in [6, 6.07) is 7.95. The third-order valence-corrected chi connectivity index (χ3v) is 3.63. The molecular weight excluding hydrogens is 264 g/mol. The lowest BCUT2D eigenvalue weighted by molar-refractivity contribution is -0.114. The normalized spacial score (nSPS) is 14.5. The van der Waals surface area contributed by atoms with Gasteiger partial charge in [-0.05, 0) is 30.0 Å². The quantitative estimate of drug-likeness (QED) is 0.586. The van der Waals surface area contributed by atoms with Crippen LogP contribution in [0.1, 0.15) is 25.8 Å². The van der Waals surface area contributed by atoms with Crippen LogP contribution in [0.25, 0.3) is 0 Å². The van der Waals surface area contributed by atoms with Gasteiger partial charge in [0.2, 0.25) is 0 Å². The van der Waals surface area contributed by atoms with E-state index in [-0.39, 0.29) is 5.92 Å².